The number of carbonyl (C=O) groups excluding carboxylic acids is 2. The molecule has 4 rings (SSSR count). The first-order chi connectivity index (χ1) is 15.6. The lowest BCUT2D eigenvalue weighted by Crippen LogP contribution is -2.24. The summed E-state index contributed by atoms with van der Waals surface area (Å²) in [4.78, 5) is 33.5. The number of carbonyl (C=O) groups is 2. The minimum Gasteiger partial charge on any atom is -0.484 e. The second-order valence-corrected chi connectivity index (χ2v) is 10.0. The van der Waals surface area contributed by atoms with E-state index < -0.39 is 0 Å². The Balaban J connectivity index is 1.37. The fourth-order valence-corrected chi connectivity index (χ4v) is 5.61. The lowest BCUT2D eigenvalue weighted by atomic mass is 10.3. The fraction of sp³-hybridized carbons (Fsp3) is 0.182. The Morgan fingerprint density at radius 3 is 2.75 bits per heavy atom. The number of amides is 2. The highest BCUT2D eigenvalue weighted by Crippen LogP contribution is 2.34. The van der Waals surface area contributed by atoms with Crippen molar-refractivity contribution in [3.63, 3.8) is 0 Å². The second-order valence-electron chi connectivity index (χ2n) is 6.65. The number of rotatable bonds is 9. The van der Waals surface area contributed by atoms with Gasteiger partial charge in [0.1, 0.15) is 5.75 Å². The first kappa shape index (κ1) is 22.3. The number of para-hydroxylation sites is 1. The van der Waals surface area contributed by atoms with Crippen LogP contribution in [-0.4, -0.2) is 33.6 Å². The molecule has 2 aromatic carbocycles. The normalized spacial score (nSPS) is 11.8. The highest BCUT2D eigenvalue weighted by atomic mass is 32.2. The van der Waals surface area contributed by atoms with E-state index in [9.17, 15) is 9.59 Å². The highest BCUT2D eigenvalue weighted by Gasteiger charge is 2.21. The van der Waals surface area contributed by atoms with Gasteiger partial charge in [0.25, 0.3) is 5.91 Å². The summed E-state index contributed by atoms with van der Waals surface area (Å²) in [5, 5.41) is 7.84. The van der Waals surface area contributed by atoms with Crippen LogP contribution >= 0.6 is 34.4 Å². The van der Waals surface area contributed by atoms with E-state index in [1.54, 1.807) is 18.3 Å². The Bertz CT molecular complexity index is 1200. The third-order valence-electron chi connectivity index (χ3n) is 4.33. The van der Waals surface area contributed by atoms with E-state index in [1.165, 1.54) is 34.4 Å². The Hall–Kier alpha value is -2.95. The zero-order valence-corrected chi connectivity index (χ0v) is 19.6. The predicted molar refractivity (Wildman–Crippen MR) is 131 cm³/mol. The van der Waals surface area contributed by atoms with Crippen LogP contribution in [0.5, 0.6) is 5.75 Å². The van der Waals surface area contributed by atoms with Gasteiger partial charge in [-0.25, -0.2) is 9.97 Å². The van der Waals surface area contributed by atoms with Crippen molar-refractivity contribution in [1.29, 1.82) is 0 Å². The summed E-state index contributed by atoms with van der Waals surface area (Å²) in [5.74, 6) is 0.321. The van der Waals surface area contributed by atoms with Crippen LogP contribution in [0.2, 0.25) is 0 Å². The zero-order chi connectivity index (χ0) is 22.3. The molecule has 2 heterocycles. The second kappa shape index (κ2) is 10.6. The molecule has 0 aliphatic carbocycles. The number of anilines is 2. The number of fused-ring (bicyclic) bond motifs is 1. The standard InChI is InChI=1S/C22H20N4O3S3/c1-2-17(20(28)26-21-23-10-11-30-21)31-22-25-16-9-8-14(12-18(16)32-22)24-19(27)13-29-15-6-4-3-5-7-15/h3-12,17H,2,13H2,1H3,(H,24,27)(H,23,26,28). The van der Waals surface area contributed by atoms with Gasteiger partial charge in [-0.1, -0.05) is 36.9 Å². The van der Waals surface area contributed by atoms with Crippen LogP contribution in [0.15, 0.2) is 64.4 Å². The van der Waals surface area contributed by atoms with Crippen LogP contribution in [0.25, 0.3) is 10.2 Å². The van der Waals surface area contributed by atoms with Crippen LogP contribution in [0, 0.1) is 0 Å². The topological polar surface area (TPSA) is 93.2 Å². The maximum Gasteiger partial charge on any atom is 0.262 e. The largest absolute Gasteiger partial charge is 0.484 e. The van der Waals surface area contributed by atoms with Gasteiger partial charge in [-0.2, -0.15) is 0 Å². The molecule has 1 atom stereocenters. The summed E-state index contributed by atoms with van der Waals surface area (Å²) < 4.78 is 7.22. The Kier molecular flexibility index (Phi) is 7.35. The number of nitrogens with one attached hydrogen (secondary N) is 2. The maximum absolute atomic E-state index is 12.6. The number of thiazole rings is 2. The van der Waals surface area contributed by atoms with Gasteiger partial charge < -0.3 is 15.4 Å². The van der Waals surface area contributed by atoms with Crippen LogP contribution in [0.3, 0.4) is 0 Å². The SMILES string of the molecule is CCC(Sc1nc2ccc(NC(=O)COc3ccccc3)cc2s1)C(=O)Nc1nccs1. The number of aromatic nitrogens is 2. The molecular formula is C22H20N4O3S3. The van der Waals surface area contributed by atoms with Crippen molar-refractivity contribution in [2.45, 2.75) is 22.9 Å². The number of benzene rings is 2. The van der Waals surface area contributed by atoms with Gasteiger partial charge in [0.05, 0.1) is 15.5 Å². The Morgan fingerprint density at radius 1 is 1.16 bits per heavy atom. The Morgan fingerprint density at radius 2 is 2.00 bits per heavy atom. The smallest absolute Gasteiger partial charge is 0.262 e. The minimum atomic E-state index is -0.270. The quantitative estimate of drug-likeness (QED) is 0.314. The number of hydrogen-bond acceptors (Lipinski definition) is 8. The van der Waals surface area contributed by atoms with Crippen LogP contribution in [-0.2, 0) is 9.59 Å². The molecule has 0 radical (unpaired) electrons. The molecule has 2 amide bonds. The Labute approximate surface area is 197 Å². The van der Waals surface area contributed by atoms with E-state index in [4.69, 9.17) is 4.74 Å². The van der Waals surface area contributed by atoms with E-state index in [0.29, 0.717) is 23.0 Å². The number of hydrogen-bond donors (Lipinski definition) is 2. The number of ether oxygens (including phenoxy) is 1. The first-order valence-electron chi connectivity index (χ1n) is 9.86. The summed E-state index contributed by atoms with van der Waals surface area (Å²) in [6, 6.07) is 14.8. The average molecular weight is 485 g/mol. The summed E-state index contributed by atoms with van der Waals surface area (Å²) in [6.45, 7) is 1.90. The van der Waals surface area contributed by atoms with Gasteiger partial charge in [-0.15, -0.1) is 22.7 Å². The van der Waals surface area contributed by atoms with Gasteiger partial charge >= 0.3 is 0 Å². The highest BCUT2D eigenvalue weighted by molar-refractivity contribution is 8.02. The molecule has 0 aliphatic rings. The molecule has 0 bridgehead atoms. The molecule has 0 fully saturated rings. The van der Waals surface area contributed by atoms with Gasteiger partial charge in [-0.3, -0.25) is 9.59 Å². The molecule has 2 aromatic heterocycles. The first-order valence-corrected chi connectivity index (χ1v) is 12.4. The molecule has 0 saturated heterocycles. The summed E-state index contributed by atoms with van der Waals surface area (Å²) >= 11 is 4.32. The van der Waals surface area contributed by atoms with Crippen molar-refractivity contribution in [3.05, 3.63) is 60.1 Å². The third kappa shape index (κ3) is 5.84. The fourth-order valence-electron chi connectivity index (χ4n) is 2.81. The summed E-state index contributed by atoms with van der Waals surface area (Å²) in [6.07, 6.45) is 2.33. The summed E-state index contributed by atoms with van der Waals surface area (Å²) in [5.41, 5.74) is 1.50. The molecule has 0 saturated carbocycles. The summed E-state index contributed by atoms with van der Waals surface area (Å²) in [7, 11) is 0. The van der Waals surface area contributed by atoms with E-state index in [-0.39, 0.29) is 23.7 Å². The third-order valence-corrected chi connectivity index (χ3v) is 7.50. The average Bonchev–Trinajstić information content (AvgIpc) is 3.45. The predicted octanol–water partition coefficient (Wildman–Crippen LogP) is 5.28. The molecule has 0 spiro atoms. The van der Waals surface area contributed by atoms with E-state index >= 15 is 0 Å². The minimum absolute atomic E-state index is 0.0712. The van der Waals surface area contributed by atoms with Crippen molar-refractivity contribution in [1.82, 2.24) is 9.97 Å². The molecule has 10 heteroatoms. The van der Waals surface area contributed by atoms with E-state index in [0.717, 1.165) is 14.6 Å². The lowest BCUT2D eigenvalue weighted by Gasteiger charge is -2.11. The molecule has 4 aromatic rings. The molecule has 164 valence electrons. The zero-order valence-electron chi connectivity index (χ0n) is 17.1. The maximum atomic E-state index is 12.6. The molecule has 2 N–H and O–H groups in total. The molecule has 32 heavy (non-hydrogen) atoms. The van der Waals surface area contributed by atoms with Crippen molar-refractivity contribution in [3.8, 4) is 5.75 Å². The van der Waals surface area contributed by atoms with Crippen molar-refractivity contribution < 1.29 is 14.3 Å². The van der Waals surface area contributed by atoms with E-state index in [2.05, 4.69) is 20.6 Å². The molecule has 0 aliphatic heterocycles. The van der Waals surface area contributed by atoms with Crippen molar-refractivity contribution in [2.75, 3.05) is 17.2 Å². The number of nitrogens with zero attached hydrogens (tertiary/aromatic N) is 2. The molecule has 7 nitrogen and oxygen atoms in total. The molecular weight excluding hydrogens is 464 g/mol. The lowest BCUT2D eigenvalue weighted by molar-refractivity contribution is -0.118. The van der Waals surface area contributed by atoms with Crippen LogP contribution in [0.1, 0.15) is 13.3 Å². The monoisotopic (exact) mass is 484 g/mol. The van der Waals surface area contributed by atoms with Crippen molar-refractivity contribution >= 4 is 67.3 Å². The van der Waals surface area contributed by atoms with Crippen molar-refractivity contribution in [2.24, 2.45) is 0 Å². The van der Waals surface area contributed by atoms with E-state index in [1.807, 2.05) is 48.7 Å². The van der Waals surface area contributed by atoms with Gasteiger partial charge in [-0.05, 0) is 36.8 Å². The van der Waals surface area contributed by atoms with Crippen LogP contribution in [0.4, 0.5) is 10.8 Å². The van der Waals surface area contributed by atoms with Crippen LogP contribution < -0.4 is 15.4 Å². The molecule has 1 unspecified atom stereocenters. The van der Waals surface area contributed by atoms with Gasteiger partial charge in [0.15, 0.2) is 16.1 Å². The van der Waals surface area contributed by atoms with Gasteiger partial charge in [0, 0.05) is 17.3 Å². The number of thioether (sulfide) groups is 1. The van der Waals surface area contributed by atoms with Gasteiger partial charge in [0.2, 0.25) is 5.91 Å².